The molecular formula is C21H42N2. The molecule has 2 nitrogen and oxygen atoms in total. The molecule has 1 rings (SSSR count). The summed E-state index contributed by atoms with van der Waals surface area (Å²) in [6.45, 7) is 21.0. The Bertz CT molecular complexity index is 326. The molecule has 0 bridgehead atoms. The van der Waals surface area contributed by atoms with Gasteiger partial charge in [-0.25, -0.2) is 0 Å². The molecule has 0 N–H and O–H groups in total. The van der Waals surface area contributed by atoms with Gasteiger partial charge in [-0.15, -0.1) is 0 Å². The summed E-state index contributed by atoms with van der Waals surface area (Å²) in [4.78, 5) is 6.78. The van der Waals surface area contributed by atoms with Crippen LogP contribution in [0.25, 0.3) is 0 Å². The Labute approximate surface area is 146 Å². The number of pyridine rings is 1. The van der Waals surface area contributed by atoms with Crippen molar-refractivity contribution in [2.45, 2.75) is 81.1 Å². The summed E-state index contributed by atoms with van der Waals surface area (Å²) in [6, 6.07) is 6.00. The maximum Gasteiger partial charge on any atom is 0.0375 e. The van der Waals surface area contributed by atoms with Gasteiger partial charge in [-0.2, -0.15) is 0 Å². The third-order valence-electron chi connectivity index (χ3n) is 3.74. The molecule has 23 heavy (non-hydrogen) atoms. The van der Waals surface area contributed by atoms with Gasteiger partial charge in [-0.05, 0) is 70.8 Å². The molecule has 0 spiro atoms. The zero-order valence-corrected chi connectivity index (χ0v) is 17.2. The largest absolute Gasteiger partial charge is 0.303 e. The maximum atomic E-state index is 4.17. The fourth-order valence-corrected chi connectivity index (χ4v) is 2.25. The predicted octanol–water partition coefficient (Wildman–Crippen LogP) is 6.27. The van der Waals surface area contributed by atoms with E-state index in [1.165, 1.54) is 45.3 Å². The molecule has 0 saturated carbocycles. The lowest BCUT2D eigenvalue weighted by Gasteiger charge is -2.22. The summed E-state index contributed by atoms with van der Waals surface area (Å²) in [5.74, 6) is 0.899. The molecule has 2 heteroatoms. The van der Waals surface area contributed by atoms with E-state index in [1.807, 2.05) is 45.9 Å². The molecule has 1 aromatic rings. The number of hydrogen-bond acceptors (Lipinski definition) is 2. The van der Waals surface area contributed by atoms with Crippen molar-refractivity contribution < 1.29 is 0 Å². The average Bonchev–Trinajstić information content (AvgIpc) is 2.55. The summed E-state index contributed by atoms with van der Waals surface area (Å²) >= 11 is 0. The van der Waals surface area contributed by atoms with Gasteiger partial charge >= 0.3 is 0 Å². The average molecular weight is 323 g/mol. The minimum absolute atomic E-state index is 0.899. The van der Waals surface area contributed by atoms with E-state index in [4.69, 9.17) is 0 Å². The lowest BCUT2D eigenvalue weighted by atomic mass is 10.1. The number of hydrogen-bond donors (Lipinski definition) is 0. The second-order valence-electron chi connectivity index (χ2n) is 6.06. The highest BCUT2D eigenvalue weighted by Crippen LogP contribution is 2.08. The van der Waals surface area contributed by atoms with E-state index in [1.54, 1.807) is 0 Å². The molecule has 0 aliphatic rings. The molecule has 0 radical (unpaired) electrons. The molecule has 0 aromatic carbocycles. The van der Waals surface area contributed by atoms with Gasteiger partial charge < -0.3 is 4.90 Å². The monoisotopic (exact) mass is 322 g/mol. The van der Waals surface area contributed by atoms with E-state index in [9.17, 15) is 0 Å². The van der Waals surface area contributed by atoms with Crippen molar-refractivity contribution in [2.24, 2.45) is 5.92 Å². The normalized spacial score (nSPS) is 11.2. The van der Waals surface area contributed by atoms with Crippen LogP contribution in [-0.4, -0.2) is 29.5 Å². The van der Waals surface area contributed by atoms with Crippen LogP contribution in [0.4, 0.5) is 0 Å². The van der Waals surface area contributed by atoms with Crippen LogP contribution in [0.2, 0.25) is 0 Å². The Balaban J connectivity index is 0. The van der Waals surface area contributed by atoms with E-state index in [2.05, 4.69) is 37.6 Å². The van der Waals surface area contributed by atoms with Gasteiger partial charge in [0.25, 0.3) is 0 Å². The zero-order valence-electron chi connectivity index (χ0n) is 17.2. The van der Waals surface area contributed by atoms with Gasteiger partial charge in [-0.3, -0.25) is 4.98 Å². The summed E-state index contributed by atoms with van der Waals surface area (Å²) < 4.78 is 0. The second kappa shape index (κ2) is 17.5. The minimum atomic E-state index is 0.899. The van der Waals surface area contributed by atoms with Crippen molar-refractivity contribution in [3.8, 4) is 0 Å². The molecule has 1 atom stereocenters. The standard InChI is InChI=1S/C12H27N.C7H9N.C2H6/c1-5-9-13(10-6-2)11-8-12(4)7-3;1-6-4-3-5-7(2)8-6;1-2/h12H,5-11H2,1-4H3;3-5H,1-2H3;1-2H3. The Morgan fingerprint density at radius 3 is 1.70 bits per heavy atom. The van der Waals surface area contributed by atoms with Crippen molar-refractivity contribution in [3.05, 3.63) is 29.6 Å². The van der Waals surface area contributed by atoms with Crippen molar-refractivity contribution >= 4 is 0 Å². The van der Waals surface area contributed by atoms with E-state index < -0.39 is 0 Å². The van der Waals surface area contributed by atoms with Crippen LogP contribution in [0.15, 0.2) is 18.2 Å². The third kappa shape index (κ3) is 15.8. The van der Waals surface area contributed by atoms with Crippen molar-refractivity contribution in [1.82, 2.24) is 9.88 Å². The van der Waals surface area contributed by atoms with Crippen LogP contribution >= 0.6 is 0 Å². The highest BCUT2D eigenvalue weighted by molar-refractivity contribution is 5.07. The van der Waals surface area contributed by atoms with Gasteiger partial charge in [0, 0.05) is 11.4 Å². The molecule has 0 fully saturated rings. The first-order valence-corrected chi connectivity index (χ1v) is 9.66. The second-order valence-corrected chi connectivity index (χ2v) is 6.06. The Hall–Kier alpha value is -0.890. The van der Waals surface area contributed by atoms with Crippen molar-refractivity contribution in [3.63, 3.8) is 0 Å². The molecule has 0 aliphatic heterocycles. The highest BCUT2D eigenvalue weighted by atomic mass is 15.1. The maximum absolute atomic E-state index is 4.17. The Morgan fingerprint density at radius 1 is 0.913 bits per heavy atom. The molecule has 136 valence electrons. The topological polar surface area (TPSA) is 16.1 Å². The van der Waals surface area contributed by atoms with Gasteiger partial charge in [0.05, 0.1) is 0 Å². The highest BCUT2D eigenvalue weighted by Gasteiger charge is 2.04. The molecule has 0 amide bonds. The Kier molecular flexibility index (Phi) is 18.5. The first kappa shape index (κ1) is 24.4. The first-order valence-electron chi connectivity index (χ1n) is 9.66. The molecule has 0 aliphatic carbocycles. The smallest absolute Gasteiger partial charge is 0.0375 e. The van der Waals surface area contributed by atoms with Gasteiger partial charge in [0.2, 0.25) is 0 Å². The molecule has 1 unspecified atom stereocenters. The van der Waals surface area contributed by atoms with E-state index >= 15 is 0 Å². The summed E-state index contributed by atoms with van der Waals surface area (Å²) in [6.07, 6.45) is 5.28. The first-order chi connectivity index (χ1) is 11.0. The van der Waals surface area contributed by atoms with Gasteiger partial charge in [0.15, 0.2) is 0 Å². The van der Waals surface area contributed by atoms with Crippen LogP contribution < -0.4 is 0 Å². The SMILES string of the molecule is CC.CCCN(CCC)CCC(C)CC.Cc1cccc(C)n1. The Morgan fingerprint density at radius 2 is 1.39 bits per heavy atom. The zero-order chi connectivity index (χ0) is 18.1. The number of aryl methyl sites for hydroxylation is 2. The van der Waals surface area contributed by atoms with Gasteiger partial charge in [-0.1, -0.05) is 54.0 Å². The fourth-order valence-electron chi connectivity index (χ4n) is 2.25. The minimum Gasteiger partial charge on any atom is -0.303 e. The van der Waals surface area contributed by atoms with Crippen molar-refractivity contribution in [1.29, 1.82) is 0 Å². The van der Waals surface area contributed by atoms with Crippen LogP contribution in [-0.2, 0) is 0 Å². The van der Waals surface area contributed by atoms with Crippen molar-refractivity contribution in [2.75, 3.05) is 19.6 Å². The lowest BCUT2D eigenvalue weighted by Crippen LogP contribution is -2.27. The summed E-state index contributed by atoms with van der Waals surface area (Å²) in [5, 5.41) is 0. The van der Waals surface area contributed by atoms with Crippen LogP contribution in [0.3, 0.4) is 0 Å². The fraction of sp³-hybridized carbons (Fsp3) is 0.762. The van der Waals surface area contributed by atoms with Crippen LogP contribution in [0, 0.1) is 19.8 Å². The van der Waals surface area contributed by atoms with E-state index in [0.29, 0.717) is 0 Å². The van der Waals surface area contributed by atoms with Crippen LogP contribution in [0.1, 0.15) is 78.6 Å². The number of nitrogens with zero attached hydrogens (tertiary/aromatic N) is 2. The van der Waals surface area contributed by atoms with E-state index in [-0.39, 0.29) is 0 Å². The number of aromatic nitrogens is 1. The molecule has 1 aromatic heterocycles. The molecule has 1 heterocycles. The van der Waals surface area contributed by atoms with Crippen LogP contribution in [0.5, 0.6) is 0 Å². The molecular weight excluding hydrogens is 280 g/mol. The summed E-state index contributed by atoms with van der Waals surface area (Å²) in [7, 11) is 0. The van der Waals surface area contributed by atoms with E-state index in [0.717, 1.165) is 17.3 Å². The quantitative estimate of drug-likeness (QED) is 0.560. The number of rotatable bonds is 8. The third-order valence-corrected chi connectivity index (χ3v) is 3.74. The lowest BCUT2D eigenvalue weighted by molar-refractivity contribution is 0.254. The predicted molar refractivity (Wildman–Crippen MR) is 106 cm³/mol. The van der Waals surface area contributed by atoms with Gasteiger partial charge in [0.1, 0.15) is 0 Å². The molecule has 0 saturated heterocycles. The summed E-state index contributed by atoms with van der Waals surface area (Å²) in [5.41, 5.74) is 2.18.